The summed E-state index contributed by atoms with van der Waals surface area (Å²) >= 11 is 0. The average molecular weight is 278 g/mol. The monoisotopic (exact) mass is 278 g/mol. The Bertz CT molecular complexity index is 504. The van der Waals surface area contributed by atoms with Crippen LogP contribution in [0.1, 0.15) is 38.2 Å². The minimum Gasteiger partial charge on any atom is -0.394 e. The van der Waals surface area contributed by atoms with Crippen LogP contribution in [-0.2, 0) is 0 Å². The first-order valence-corrected chi connectivity index (χ1v) is 7.10. The van der Waals surface area contributed by atoms with Gasteiger partial charge in [0.25, 0.3) is 5.69 Å². The van der Waals surface area contributed by atoms with Gasteiger partial charge >= 0.3 is 0 Å². The number of nitro groups is 1. The number of nitro benzene ring substituents is 1. The maximum atomic E-state index is 11.0. The molecule has 0 radical (unpaired) electrons. The number of anilines is 1. The Labute approximate surface area is 119 Å². The van der Waals surface area contributed by atoms with Crippen molar-refractivity contribution in [3.8, 4) is 0 Å². The Morgan fingerprint density at radius 3 is 2.90 bits per heavy atom. The standard InChI is InChI=1S/C15H22N2O3/c1-11-5-4-8-15(9-11,10-18)16-13-6-3-7-14(12(13)2)17(19)20/h3,6-7,11,16,18H,4-5,8-10H2,1-2H3. The van der Waals surface area contributed by atoms with Crippen LogP contribution >= 0.6 is 0 Å². The molecule has 1 aliphatic carbocycles. The van der Waals surface area contributed by atoms with Gasteiger partial charge in [0.1, 0.15) is 0 Å². The van der Waals surface area contributed by atoms with E-state index in [4.69, 9.17) is 0 Å². The Morgan fingerprint density at radius 1 is 1.55 bits per heavy atom. The molecule has 2 N–H and O–H groups in total. The SMILES string of the molecule is Cc1c(NC2(CO)CCCC(C)C2)cccc1[N+](=O)[O-]. The number of benzene rings is 1. The van der Waals surface area contributed by atoms with Gasteiger partial charge in [-0.1, -0.05) is 25.8 Å². The summed E-state index contributed by atoms with van der Waals surface area (Å²) < 4.78 is 0. The zero-order valence-corrected chi connectivity index (χ0v) is 12.1. The van der Waals surface area contributed by atoms with Crippen LogP contribution in [-0.4, -0.2) is 22.2 Å². The molecule has 110 valence electrons. The van der Waals surface area contributed by atoms with Crippen molar-refractivity contribution < 1.29 is 10.0 Å². The van der Waals surface area contributed by atoms with Crippen molar-refractivity contribution in [2.75, 3.05) is 11.9 Å². The van der Waals surface area contributed by atoms with Crippen LogP contribution in [0, 0.1) is 23.0 Å². The fourth-order valence-electron chi connectivity index (χ4n) is 3.20. The van der Waals surface area contributed by atoms with Crippen molar-refractivity contribution in [1.82, 2.24) is 0 Å². The Kier molecular flexibility index (Phi) is 4.28. The van der Waals surface area contributed by atoms with Crippen molar-refractivity contribution in [2.24, 2.45) is 5.92 Å². The van der Waals surface area contributed by atoms with Gasteiger partial charge in [0.15, 0.2) is 0 Å². The largest absolute Gasteiger partial charge is 0.394 e. The molecule has 0 spiro atoms. The van der Waals surface area contributed by atoms with Crippen LogP contribution in [0.3, 0.4) is 0 Å². The second-order valence-corrected chi connectivity index (χ2v) is 5.97. The first-order valence-electron chi connectivity index (χ1n) is 7.10. The van der Waals surface area contributed by atoms with Crippen molar-refractivity contribution in [3.05, 3.63) is 33.9 Å². The molecule has 2 unspecified atom stereocenters. The summed E-state index contributed by atoms with van der Waals surface area (Å²) in [6.45, 7) is 3.99. The minimum atomic E-state index is -0.365. The number of aliphatic hydroxyl groups is 1. The summed E-state index contributed by atoms with van der Waals surface area (Å²) in [6.07, 6.45) is 4.04. The van der Waals surface area contributed by atoms with Gasteiger partial charge in [0.05, 0.1) is 17.1 Å². The third-order valence-corrected chi connectivity index (χ3v) is 4.30. The molecule has 5 nitrogen and oxygen atoms in total. The number of nitrogens with one attached hydrogen (secondary N) is 1. The summed E-state index contributed by atoms with van der Waals surface area (Å²) in [6, 6.07) is 5.04. The van der Waals surface area contributed by atoms with E-state index in [9.17, 15) is 15.2 Å². The average Bonchev–Trinajstić information content (AvgIpc) is 2.41. The third-order valence-electron chi connectivity index (χ3n) is 4.30. The number of hydrogen-bond donors (Lipinski definition) is 2. The molecule has 20 heavy (non-hydrogen) atoms. The van der Waals surface area contributed by atoms with Crippen LogP contribution in [0.15, 0.2) is 18.2 Å². The highest BCUT2D eigenvalue weighted by Gasteiger charge is 2.35. The second-order valence-electron chi connectivity index (χ2n) is 5.97. The maximum Gasteiger partial charge on any atom is 0.274 e. The minimum absolute atomic E-state index is 0.0550. The van der Waals surface area contributed by atoms with Gasteiger partial charge in [0, 0.05) is 17.3 Å². The van der Waals surface area contributed by atoms with Gasteiger partial charge in [-0.2, -0.15) is 0 Å². The Hall–Kier alpha value is -1.62. The maximum absolute atomic E-state index is 11.0. The van der Waals surface area contributed by atoms with Crippen LogP contribution in [0.4, 0.5) is 11.4 Å². The molecule has 0 aromatic heterocycles. The highest BCUT2D eigenvalue weighted by Crippen LogP contribution is 2.36. The molecule has 2 atom stereocenters. The lowest BCUT2D eigenvalue weighted by molar-refractivity contribution is -0.385. The van der Waals surface area contributed by atoms with Crippen molar-refractivity contribution in [2.45, 2.75) is 45.1 Å². The van der Waals surface area contributed by atoms with Crippen molar-refractivity contribution >= 4 is 11.4 Å². The number of hydrogen-bond acceptors (Lipinski definition) is 4. The lowest BCUT2D eigenvalue weighted by atomic mass is 9.76. The molecule has 0 aliphatic heterocycles. The van der Waals surface area contributed by atoms with Gasteiger partial charge in [0.2, 0.25) is 0 Å². The van der Waals surface area contributed by atoms with E-state index in [1.807, 2.05) is 6.07 Å². The molecule has 0 bridgehead atoms. The fraction of sp³-hybridized carbons (Fsp3) is 0.600. The van der Waals surface area contributed by atoms with E-state index in [1.54, 1.807) is 13.0 Å². The van der Waals surface area contributed by atoms with Crippen LogP contribution in [0.25, 0.3) is 0 Å². The summed E-state index contributed by atoms with van der Waals surface area (Å²) in [5.74, 6) is 0.558. The van der Waals surface area contributed by atoms with Gasteiger partial charge in [-0.15, -0.1) is 0 Å². The van der Waals surface area contributed by atoms with E-state index >= 15 is 0 Å². The predicted molar refractivity (Wildman–Crippen MR) is 78.9 cm³/mol. The molecular formula is C15H22N2O3. The molecule has 0 amide bonds. The lowest BCUT2D eigenvalue weighted by Gasteiger charge is -2.40. The van der Waals surface area contributed by atoms with E-state index in [0.717, 1.165) is 24.9 Å². The third kappa shape index (κ3) is 2.93. The summed E-state index contributed by atoms with van der Waals surface area (Å²) in [7, 11) is 0. The zero-order valence-electron chi connectivity index (χ0n) is 12.1. The quantitative estimate of drug-likeness (QED) is 0.654. The smallest absolute Gasteiger partial charge is 0.274 e. The summed E-state index contributed by atoms with van der Waals surface area (Å²) in [5.41, 5.74) is 1.15. The van der Waals surface area contributed by atoms with E-state index in [2.05, 4.69) is 12.2 Å². The Balaban J connectivity index is 2.28. The van der Waals surface area contributed by atoms with Crippen molar-refractivity contribution in [1.29, 1.82) is 0 Å². The molecule has 1 saturated carbocycles. The van der Waals surface area contributed by atoms with E-state index in [-0.39, 0.29) is 22.8 Å². The number of rotatable bonds is 4. The van der Waals surface area contributed by atoms with Crippen LogP contribution < -0.4 is 5.32 Å². The zero-order chi connectivity index (χ0) is 14.8. The topological polar surface area (TPSA) is 75.4 Å². The van der Waals surface area contributed by atoms with E-state index in [1.165, 1.54) is 12.5 Å². The highest BCUT2D eigenvalue weighted by molar-refractivity contribution is 5.61. The molecule has 1 aliphatic rings. The normalized spacial score (nSPS) is 26.2. The van der Waals surface area contributed by atoms with Gasteiger partial charge in [-0.25, -0.2) is 0 Å². The highest BCUT2D eigenvalue weighted by atomic mass is 16.6. The molecule has 5 heteroatoms. The summed E-state index contributed by atoms with van der Waals surface area (Å²) in [4.78, 5) is 10.6. The molecule has 1 fully saturated rings. The molecular weight excluding hydrogens is 256 g/mol. The molecule has 0 heterocycles. The summed E-state index contributed by atoms with van der Waals surface area (Å²) in [5, 5.41) is 24.2. The van der Waals surface area contributed by atoms with Gasteiger partial charge in [-0.3, -0.25) is 10.1 Å². The molecule has 2 rings (SSSR count). The van der Waals surface area contributed by atoms with Crippen LogP contribution in [0.2, 0.25) is 0 Å². The van der Waals surface area contributed by atoms with E-state index in [0.29, 0.717) is 11.5 Å². The molecule has 1 aromatic rings. The van der Waals surface area contributed by atoms with Crippen molar-refractivity contribution in [3.63, 3.8) is 0 Å². The first kappa shape index (κ1) is 14.8. The Morgan fingerprint density at radius 2 is 2.30 bits per heavy atom. The number of aliphatic hydroxyl groups excluding tert-OH is 1. The van der Waals surface area contributed by atoms with Gasteiger partial charge in [-0.05, 0) is 31.7 Å². The van der Waals surface area contributed by atoms with Gasteiger partial charge < -0.3 is 10.4 Å². The fourth-order valence-corrected chi connectivity index (χ4v) is 3.20. The van der Waals surface area contributed by atoms with Crippen LogP contribution in [0.5, 0.6) is 0 Å². The lowest BCUT2D eigenvalue weighted by Crippen LogP contribution is -2.46. The second kappa shape index (κ2) is 5.79. The first-order chi connectivity index (χ1) is 9.47. The molecule has 0 saturated heterocycles. The number of nitrogens with zero attached hydrogens (tertiary/aromatic N) is 1. The predicted octanol–water partition coefficient (Wildman–Crippen LogP) is 3.26. The molecule has 1 aromatic carbocycles. The van der Waals surface area contributed by atoms with E-state index < -0.39 is 0 Å².